The van der Waals surface area contributed by atoms with Crippen LogP contribution in [0.3, 0.4) is 0 Å². The molecule has 0 unspecified atom stereocenters. The van der Waals surface area contributed by atoms with Gasteiger partial charge in [-0.15, -0.1) is 0 Å². The molecular formula is C15H17Br2N3. The lowest BCUT2D eigenvalue weighted by Gasteiger charge is -2.16. The summed E-state index contributed by atoms with van der Waals surface area (Å²) in [5.74, 6) is 0. The molecule has 106 valence electrons. The molecule has 0 aliphatic rings. The molecule has 0 aliphatic heterocycles. The maximum Gasteiger partial charge on any atom is 0.0737 e. The van der Waals surface area contributed by atoms with E-state index in [1.165, 1.54) is 11.3 Å². The molecule has 1 aromatic carbocycles. The lowest BCUT2D eigenvalue weighted by atomic mass is 10.1. The number of benzene rings is 1. The molecule has 0 fully saturated rings. The Kier molecular flexibility index (Phi) is 5.05. The minimum absolute atomic E-state index is 0.690. The minimum atomic E-state index is 0.690. The highest BCUT2D eigenvalue weighted by atomic mass is 79.9. The van der Waals surface area contributed by atoms with E-state index in [-0.39, 0.29) is 0 Å². The van der Waals surface area contributed by atoms with Crippen molar-refractivity contribution in [2.45, 2.75) is 13.5 Å². The van der Waals surface area contributed by atoms with Crippen molar-refractivity contribution >= 4 is 43.2 Å². The van der Waals surface area contributed by atoms with Crippen LogP contribution in [-0.4, -0.2) is 19.1 Å². The molecule has 3 nitrogen and oxygen atoms in total. The molecule has 0 amide bonds. The summed E-state index contributed by atoms with van der Waals surface area (Å²) in [5, 5.41) is 3.43. The van der Waals surface area contributed by atoms with Gasteiger partial charge in [0.2, 0.25) is 0 Å². The number of hydrogen-bond donors (Lipinski definition) is 1. The van der Waals surface area contributed by atoms with Gasteiger partial charge < -0.3 is 10.2 Å². The van der Waals surface area contributed by atoms with E-state index in [4.69, 9.17) is 0 Å². The van der Waals surface area contributed by atoms with Gasteiger partial charge in [-0.2, -0.15) is 0 Å². The van der Waals surface area contributed by atoms with Gasteiger partial charge >= 0.3 is 0 Å². The molecule has 0 atom stereocenters. The number of halogens is 2. The summed E-state index contributed by atoms with van der Waals surface area (Å²) in [5.41, 5.74) is 4.55. The Morgan fingerprint density at radius 3 is 2.55 bits per heavy atom. The molecule has 0 saturated carbocycles. The summed E-state index contributed by atoms with van der Waals surface area (Å²) >= 11 is 6.94. The summed E-state index contributed by atoms with van der Waals surface area (Å²) in [6.07, 6.45) is 1.81. The Labute approximate surface area is 136 Å². The Hall–Kier alpha value is -1.07. The van der Waals surface area contributed by atoms with E-state index >= 15 is 0 Å². The first-order valence-electron chi connectivity index (χ1n) is 6.29. The summed E-state index contributed by atoms with van der Waals surface area (Å²) in [6.45, 7) is 2.80. The van der Waals surface area contributed by atoms with Crippen molar-refractivity contribution in [1.29, 1.82) is 0 Å². The number of hydrogen-bond acceptors (Lipinski definition) is 3. The van der Waals surface area contributed by atoms with Crippen LogP contribution in [-0.2, 0) is 6.54 Å². The molecule has 1 N–H and O–H groups in total. The Morgan fingerprint density at radius 1 is 1.20 bits per heavy atom. The fourth-order valence-electron chi connectivity index (χ4n) is 1.88. The lowest BCUT2D eigenvalue weighted by Crippen LogP contribution is -2.09. The zero-order chi connectivity index (χ0) is 14.7. The van der Waals surface area contributed by atoms with Gasteiger partial charge in [-0.25, -0.2) is 0 Å². The molecule has 0 bridgehead atoms. The minimum Gasteiger partial charge on any atom is -0.379 e. The fourth-order valence-corrected chi connectivity index (χ4v) is 3.00. The van der Waals surface area contributed by atoms with Crippen molar-refractivity contribution in [3.63, 3.8) is 0 Å². The van der Waals surface area contributed by atoms with E-state index in [0.29, 0.717) is 6.54 Å². The molecule has 0 spiro atoms. The van der Waals surface area contributed by atoms with Crippen molar-refractivity contribution in [2.24, 2.45) is 0 Å². The maximum atomic E-state index is 4.40. The van der Waals surface area contributed by atoms with Crippen LogP contribution in [0.2, 0.25) is 0 Å². The van der Waals surface area contributed by atoms with Gasteiger partial charge in [0, 0.05) is 40.6 Å². The van der Waals surface area contributed by atoms with E-state index in [1.54, 1.807) is 0 Å². The van der Waals surface area contributed by atoms with E-state index in [9.17, 15) is 0 Å². The first kappa shape index (κ1) is 15.3. The maximum absolute atomic E-state index is 4.40. The molecular weight excluding hydrogens is 382 g/mol. The van der Waals surface area contributed by atoms with E-state index in [1.807, 2.05) is 26.4 Å². The van der Waals surface area contributed by atoms with Crippen LogP contribution >= 0.6 is 31.9 Å². The number of aromatic nitrogens is 1. The first-order chi connectivity index (χ1) is 9.47. The average Bonchev–Trinajstić information content (AvgIpc) is 2.38. The standard InChI is InChI=1S/C15H17Br2N3/c1-10-6-12(20(2)3)4-5-14(10)19-9-15-13(17)7-11(16)8-18-15/h4-8,19H,9H2,1-3H3. The molecule has 0 radical (unpaired) electrons. The lowest BCUT2D eigenvalue weighted by molar-refractivity contribution is 1.02. The van der Waals surface area contributed by atoms with Gasteiger partial charge in [0.1, 0.15) is 0 Å². The van der Waals surface area contributed by atoms with E-state index in [0.717, 1.165) is 20.3 Å². The van der Waals surface area contributed by atoms with Gasteiger partial charge in [0.25, 0.3) is 0 Å². The number of aryl methyl sites for hydroxylation is 1. The SMILES string of the molecule is Cc1cc(N(C)C)ccc1NCc1ncc(Br)cc1Br. The van der Waals surface area contributed by atoms with Crippen molar-refractivity contribution in [2.75, 3.05) is 24.3 Å². The zero-order valence-corrected chi connectivity index (χ0v) is 14.9. The van der Waals surface area contributed by atoms with Crippen molar-refractivity contribution in [3.05, 3.63) is 50.7 Å². The van der Waals surface area contributed by atoms with Gasteiger partial charge in [0.05, 0.1) is 12.2 Å². The summed E-state index contributed by atoms with van der Waals surface area (Å²) in [6, 6.07) is 8.40. The second-order valence-electron chi connectivity index (χ2n) is 4.83. The van der Waals surface area contributed by atoms with E-state index in [2.05, 4.69) is 72.2 Å². The topological polar surface area (TPSA) is 28.2 Å². The monoisotopic (exact) mass is 397 g/mol. The fraction of sp³-hybridized carbons (Fsp3) is 0.267. The number of anilines is 2. The van der Waals surface area contributed by atoms with Crippen LogP contribution in [0, 0.1) is 6.92 Å². The van der Waals surface area contributed by atoms with Crippen LogP contribution in [0.1, 0.15) is 11.3 Å². The molecule has 1 heterocycles. The molecule has 0 saturated heterocycles. The smallest absolute Gasteiger partial charge is 0.0737 e. The zero-order valence-electron chi connectivity index (χ0n) is 11.7. The van der Waals surface area contributed by atoms with Crippen LogP contribution < -0.4 is 10.2 Å². The van der Waals surface area contributed by atoms with Crippen LogP contribution in [0.15, 0.2) is 39.4 Å². The Morgan fingerprint density at radius 2 is 1.95 bits per heavy atom. The predicted molar refractivity (Wildman–Crippen MR) is 92.5 cm³/mol. The molecule has 2 aromatic rings. The molecule has 2 rings (SSSR count). The second-order valence-corrected chi connectivity index (χ2v) is 6.60. The third-order valence-corrected chi connectivity index (χ3v) is 4.18. The van der Waals surface area contributed by atoms with Crippen LogP contribution in [0.25, 0.3) is 0 Å². The number of pyridine rings is 1. The Bertz CT molecular complexity index is 612. The summed E-state index contributed by atoms with van der Waals surface area (Å²) in [4.78, 5) is 6.50. The van der Waals surface area contributed by atoms with Crippen molar-refractivity contribution < 1.29 is 0 Å². The quantitative estimate of drug-likeness (QED) is 0.815. The van der Waals surface area contributed by atoms with Gasteiger partial charge in [-0.3, -0.25) is 4.98 Å². The number of rotatable bonds is 4. The molecule has 0 aliphatic carbocycles. The first-order valence-corrected chi connectivity index (χ1v) is 7.87. The normalized spacial score (nSPS) is 10.4. The highest BCUT2D eigenvalue weighted by Gasteiger charge is 2.05. The van der Waals surface area contributed by atoms with Gasteiger partial charge in [-0.1, -0.05) is 0 Å². The van der Waals surface area contributed by atoms with Crippen molar-refractivity contribution in [3.8, 4) is 0 Å². The molecule has 1 aromatic heterocycles. The Balaban J connectivity index is 2.11. The van der Waals surface area contributed by atoms with Gasteiger partial charge in [-0.05, 0) is 68.6 Å². The average molecular weight is 399 g/mol. The summed E-state index contributed by atoms with van der Waals surface area (Å²) in [7, 11) is 4.09. The number of nitrogens with one attached hydrogen (secondary N) is 1. The number of nitrogens with zero attached hydrogens (tertiary/aromatic N) is 2. The predicted octanol–water partition coefficient (Wildman–Crippen LogP) is 4.59. The highest BCUT2D eigenvalue weighted by Crippen LogP contribution is 2.24. The molecule has 5 heteroatoms. The largest absolute Gasteiger partial charge is 0.379 e. The second kappa shape index (κ2) is 6.59. The highest BCUT2D eigenvalue weighted by molar-refractivity contribution is 9.11. The van der Waals surface area contributed by atoms with E-state index < -0.39 is 0 Å². The third kappa shape index (κ3) is 3.73. The van der Waals surface area contributed by atoms with Crippen molar-refractivity contribution in [1.82, 2.24) is 4.98 Å². The van der Waals surface area contributed by atoms with Crippen LogP contribution in [0.4, 0.5) is 11.4 Å². The van der Waals surface area contributed by atoms with Gasteiger partial charge in [0.15, 0.2) is 0 Å². The molecule has 20 heavy (non-hydrogen) atoms. The third-order valence-electron chi connectivity index (χ3n) is 3.06. The van der Waals surface area contributed by atoms with Crippen LogP contribution in [0.5, 0.6) is 0 Å². The summed E-state index contributed by atoms with van der Waals surface area (Å²) < 4.78 is 1.97.